The van der Waals surface area contributed by atoms with E-state index in [1.54, 1.807) is 29.3 Å². The van der Waals surface area contributed by atoms with Gasteiger partial charge in [0.15, 0.2) is 0 Å². The van der Waals surface area contributed by atoms with Gasteiger partial charge in [0.1, 0.15) is 12.3 Å². The molecule has 0 aromatic heterocycles. The first-order chi connectivity index (χ1) is 10.7. The number of nitroso groups, excluding NO2 is 1. The van der Waals surface area contributed by atoms with Crippen LogP contribution in [0.1, 0.15) is 22.3 Å². The number of nitrogens with zero attached hydrogens (tertiary/aromatic N) is 2. The quantitative estimate of drug-likeness (QED) is 0.558. The minimum Gasteiger partial charge on any atom is -0.379 e. The minimum absolute atomic E-state index is 0.102. The highest BCUT2D eigenvalue weighted by Crippen LogP contribution is 2.12. The molecule has 7 nitrogen and oxygen atoms in total. The molecule has 0 bridgehead atoms. The second-order valence-corrected chi connectivity index (χ2v) is 4.98. The summed E-state index contributed by atoms with van der Waals surface area (Å²) in [6.07, 6.45) is 1.16. The van der Waals surface area contributed by atoms with Gasteiger partial charge in [0.05, 0.1) is 31.9 Å². The third kappa shape index (κ3) is 4.71. The number of hydroxylamine groups is 2. The van der Waals surface area contributed by atoms with Crippen LogP contribution in [0, 0.1) is 4.91 Å². The van der Waals surface area contributed by atoms with E-state index in [4.69, 9.17) is 9.57 Å². The molecule has 1 aromatic carbocycles. The van der Waals surface area contributed by atoms with Gasteiger partial charge in [0.2, 0.25) is 0 Å². The molecule has 1 saturated heterocycles. The van der Waals surface area contributed by atoms with Crippen LogP contribution < -0.4 is 0 Å². The Morgan fingerprint density at radius 1 is 1.32 bits per heavy atom. The van der Waals surface area contributed by atoms with E-state index < -0.39 is 12.0 Å². The van der Waals surface area contributed by atoms with Crippen LogP contribution in [0.15, 0.2) is 29.4 Å². The third-order valence-electron chi connectivity index (χ3n) is 3.36. The standard InChI is InChI=1S/C15H18N2O5/c18-8-5-14(16-20)11-12-1-3-13(4-2-12)15(19)22-17-6-9-21-10-7-17/h1-4,8,14H,5-7,9-11H2. The van der Waals surface area contributed by atoms with Crippen molar-refractivity contribution < 1.29 is 19.2 Å². The van der Waals surface area contributed by atoms with E-state index in [9.17, 15) is 14.5 Å². The van der Waals surface area contributed by atoms with Gasteiger partial charge in [-0.2, -0.15) is 4.91 Å². The fraction of sp³-hybridized carbons (Fsp3) is 0.467. The Morgan fingerprint density at radius 2 is 2.00 bits per heavy atom. The molecule has 1 aromatic rings. The van der Waals surface area contributed by atoms with Crippen LogP contribution >= 0.6 is 0 Å². The van der Waals surface area contributed by atoms with E-state index in [1.165, 1.54) is 0 Å². The predicted molar refractivity (Wildman–Crippen MR) is 78.2 cm³/mol. The van der Waals surface area contributed by atoms with Crippen molar-refractivity contribution in [2.24, 2.45) is 5.18 Å². The number of hydrogen-bond donors (Lipinski definition) is 0. The van der Waals surface area contributed by atoms with E-state index in [1.807, 2.05) is 0 Å². The Bertz CT molecular complexity index is 511. The lowest BCUT2D eigenvalue weighted by Crippen LogP contribution is -2.37. The van der Waals surface area contributed by atoms with Crippen LogP contribution in [0.3, 0.4) is 0 Å². The summed E-state index contributed by atoms with van der Waals surface area (Å²) in [6, 6.07) is 6.18. The van der Waals surface area contributed by atoms with Crippen molar-refractivity contribution >= 4 is 12.3 Å². The molecule has 0 amide bonds. The van der Waals surface area contributed by atoms with Gasteiger partial charge in [-0.1, -0.05) is 17.3 Å². The van der Waals surface area contributed by atoms with Gasteiger partial charge >= 0.3 is 5.97 Å². The summed E-state index contributed by atoms with van der Waals surface area (Å²) in [4.78, 5) is 38.3. The zero-order chi connectivity index (χ0) is 15.8. The molecule has 1 fully saturated rings. The molecule has 1 aliphatic heterocycles. The number of rotatable bonds is 7. The van der Waals surface area contributed by atoms with Gasteiger partial charge in [0.25, 0.3) is 0 Å². The number of aldehydes is 1. The van der Waals surface area contributed by atoms with Crippen molar-refractivity contribution in [2.75, 3.05) is 26.3 Å². The minimum atomic E-state index is -0.566. The monoisotopic (exact) mass is 306 g/mol. The van der Waals surface area contributed by atoms with Crippen LogP contribution in [0.5, 0.6) is 0 Å². The molecule has 0 spiro atoms. The molecule has 1 unspecified atom stereocenters. The Labute approximate surface area is 128 Å². The Hall–Kier alpha value is -2.12. The van der Waals surface area contributed by atoms with Gasteiger partial charge in [-0.25, -0.2) is 4.79 Å². The Kier molecular flexibility index (Phi) is 6.17. The zero-order valence-electron chi connectivity index (χ0n) is 12.1. The van der Waals surface area contributed by atoms with Crippen LogP contribution in [0.4, 0.5) is 0 Å². The second-order valence-electron chi connectivity index (χ2n) is 4.98. The number of benzene rings is 1. The summed E-state index contributed by atoms with van der Waals surface area (Å²) in [5.74, 6) is -0.425. The molecule has 0 N–H and O–H groups in total. The fourth-order valence-corrected chi connectivity index (χ4v) is 2.13. The number of ether oxygens (including phenoxy) is 1. The predicted octanol–water partition coefficient (Wildman–Crippen LogP) is 1.36. The maximum atomic E-state index is 12.0. The van der Waals surface area contributed by atoms with Crippen LogP contribution in [-0.4, -0.2) is 49.7 Å². The van der Waals surface area contributed by atoms with E-state index in [2.05, 4.69) is 5.18 Å². The highest BCUT2D eigenvalue weighted by molar-refractivity contribution is 5.89. The van der Waals surface area contributed by atoms with Crippen LogP contribution in [0.2, 0.25) is 0 Å². The summed E-state index contributed by atoms with van der Waals surface area (Å²) >= 11 is 0. The van der Waals surface area contributed by atoms with Gasteiger partial charge < -0.3 is 14.4 Å². The molecule has 22 heavy (non-hydrogen) atoms. The van der Waals surface area contributed by atoms with Gasteiger partial charge in [-0.15, -0.1) is 5.06 Å². The number of carbonyl (C=O) groups excluding carboxylic acids is 2. The van der Waals surface area contributed by atoms with Gasteiger partial charge in [0, 0.05) is 6.42 Å². The third-order valence-corrected chi connectivity index (χ3v) is 3.36. The van der Waals surface area contributed by atoms with Crippen molar-refractivity contribution in [3.05, 3.63) is 40.3 Å². The molecule has 1 heterocycles. The lowest BCUT2D eigenvalue weighted by molar-refractivity contribution is -0.150. The molecule has 7 heteroatoms. The highest BCUT2D eigenvalue weighted by atomic mass is 16.7. The van der Waals surface area contributed by atoms with E-state index in [-0.39, 0.29) is 6.42 Å². The maximum absolute atomic E-state index is 12.0. The first-order valence-corrected chi connectivity index (χ1v) is 7.13. The normalized spacial score (nSPS) is 16.7. The lowest BCUT2D eigenvalue weighted by atomic mass is 10.0. The van der Waals surface area contributed by atoms with Gasteiger partial charge in [-0.3, -0.25) is 0 Å². The van der Waals surface area contributed by atoms with Crippen molar-refractivity contribution in [3.63, 3.8) is 0 Å². The Morgan fingerprint density at radius 3 is 2.59 bits per heavy atom. The van der Waals surface area contributed by atoms with Crippen molar-refractivity contribution in [1.82, 2.24) is 5.06 Å². The molecule has 0 saturated carbocycles. The summed E-state index contributed by atoms with van der Waals surface area (Å²) in [6.45, 7) is 2.20. The molecule has 0 aliphatic carbocycles. The molecule has 0 radical (unpaired) electrons. The second kappa shape index (κ2) is 8.35. The smallest absolute Gasteiger partial charge is 0.357 e. The van der Waals surface area contributed by atoms with E-state index in [0.717, 1.165) is 5.56 Å². The Balaban J connectivity index is 1.91. The van der Waals surface area contributed by atoms with E-state index >= 15 is 0 Å². The molecular formula is C15H18N2O5. The number of carbonyl (C=O) groups is 2. The van der Waals surface area contributed by atoms with Crippen molar-refractivity contribution in [3.8, 4) is 0 Å². The summed E-state index contributed by atoms with van der Waals surface area (Å²) in [5, 5.41) is 4.50. The molecule has 2 rings (SSSR count). The first kappa shape index (κ1) is 16.3. The maximum Gasteiger partial charge on any atom is 0.357 e. The summed E-state index contributed by atoms with van der Waals surface area (Å²) in [7, 11) is 0. The molecular weight excluding hydrogens is 288 g/mol. The summed E-state index contributed by atoms with van der Waals surface area (Å²) in [5.41, 5.74) is 1.27. The average molecular weight is 306 g/mol. The number of hydrogen-bond acceptors (Lipinski definition) is 7. The average Bonchev–Trinajstić information content (AvgIpc) is 2.56. The molecule has 1 atom stereocenters. The largest absolute Gasteiger partial charge is 0.379 e. The van der Waals surface area contributed by atoms with Crippen molar-refractivity contribution in [2.45, 2.75) is 18.9 Å². The van der Waals surface area contributed by atoms with Crippen LogP contribution in [0.25, 0.3) is 0 Å². The highest BCUT2D eigenvalue weighted by Gasteiger charge is 2.17. The fourth-order valence-electron chi connectivity index (χ4n) is 2.13. The zero-order valence-corrected chi connectivity index (χ0v) is 12.1. The van der Waals surface area contributed by atoms with E-state index in [0.29, 0.717) is 44.6 Å². The molecule has 1 aliphatic rings. The molecule has 118 valence electrons. The summed E-state index contributed by atoms with van der Waals surface area (Å²) < 4.78 is 5.18. The first-order valence-electron chi connectivity index (χ1n) is 7.13. The SMILES string of the molecule is O=CCC(Cc1ccc(C(=O)ON2CCOCC2)cc1)N=O. The number of morpholine rings is 1. The van der Waals surface area contributed by atoms with Crippen molar-refractivity contribution in [1.29, 1.82) is 0 Å². The topological polar surface area (TPSA) is 85.3 Å². The van der Waals surface area contributed by atoms with Gasteiger partial charge in [-0.05, 0) is 24.1 Å². The van der Waals surface area contributed by atoms with Crippen LogP contribution in [-0.2, 0) is 20.8 Å². The lowest BCUT2D eigenvalue weighted by Gasteiger charge is -2.24.